The highest BCUT2D eigenvalue weighted by Crippen LogP contribution is 2.32. The van der Waals surface area contributed by atoms with Crippen molar-refractivity contribution < 1.29 is 28.8 Å². The van der Waals surface area contributed by atoms with Crippen LogP contribution in [0.4, 0.5) is 5.69 Å². The Bertz CT molecular complexity index is 837. The maximum absolute atomic E-state index is 12.6. The van der Waals surface area contributed by atoms with E-state index in [1.807, 2.05) is 0 Å². The zero-order valence-electron chi connectivity index (χ0n) is 14.4. The fourth-order valence-corrected chi connectivity index (χ4v) is 3.65. The third kappa shape index (κ3) is 2.96. The first-order valence-corrected chi connectivity index (χ1v) is 8.60. The van der Waals surface area contributed by atoms with Crippen molar-refractivity contribution in [3.05, 3.63) is 39.4 Å². The minimum atomic E-state index is -0.692. The van der Waals surface area contributed by atoms with E-state index in [0.29, 0.717) is 39.1 Å². The number of rotatable bonds is 3. The van der Waals surface area contributed by atoms with E-state index >= 15 is 0 Å². The van der Waals surface area contributed by atoms with Crippen LogP contribution in [0.15, 0.2) is 18.2 Å². The number of non-ortho nitro benzene ring substituents is 1. The third-order valence-electron chi connectivity index (χ3n) is 5.15. The molecule has 1 spiro atoms. The van der Waals surface area contributed by atoms with Crippen LogP contribution in [0.2, 0.25) is 0 Å². The molecule has 27 heavy (non-hydrogen) atoms. The predicted octanol–water partition coefficient (Wildman–Crippen LogP) is 0.556. The Morgan fingerprint density at radius 1 is 1.11 bits per heavy atom. The van der Waals surface area contributed by atoms with Crippen LogP contribution in [0.5, 0.6) is 0 Å². The van der Waals surface area contributed by atoms with E-state index in [-0.39, 0.29) is 22.7 Å². The molecule has 3 amide bonds. The number of piperidine rings is 1. The van der Waals surface area contributed by atoms with Gasteiger partial charge < -0.3 is 14.4 Å². The van der Waals surface area contributed by atoms with E-state index in [2.05, 4.69) is 0 Å². The fraction of sp³-hybridized carbons (Fsp3) is 0.471. The van der Waals surface area contributed by atoms with Gasteiger partial charge in [0.1, 0.15) is 6.54 Å². The van der Waals surface area contributed by atoms with Gasteiger partial charge in [0.25, 0.3) is 17.5 Å². The summed E-state index contributed by atoms with van der Waals surface area (Å²) in [7, 11) is 0. The molecule has 0 unspecified atom stereocenters. The second-order valence-corrected chi connectivity index (χ2v) is 6.67. The Balaban J connectivity index is 1.44. The molecule has 0 bridgehead atoms. The molecule has 1 aromatic rings. The number of ether oxygens (including phenoxy) is 2. The first-order valence-electron chi connectivity index (χ1n) is 8.60. The summed E-state index contributed by atoms with van der Waals surface area (Å²) in [5, 5.41) is 10.9. The fourth-order valence-electron chi connectivity index (χ4n) is 3.65. The van der Waals surface area contributed by atoms with E-state index in [9.17, 15) is 24.5 Å². The van der Waals surface area contributed by atoms with Gasteiger partial charge in [-0.25, -0.2) is 0 Å². The zero-order chi connectivity index (χ0) is 19.2. The number of hydrogen-bond donors (Lipinski definition) is 0. The standard InChI is InChI=1S/C17H17N3O7/c21-14(18-5-3-17(4-6-18)26-7-8-27-17)10-19-15(22)12-2-1-11(20(24)25)9-13(12)16(19)23/h1-2,9H,3-8,10H2. The maximum atomic E-state index is 12.6. The number of likely N-dealkylation sites (tertiary alicyclic amines) is 1. The lowest BCUT2D eigenvalue weighted by atomic mass is 10.0. The number of hydrogen-bond acceptors (Lipinski definition) is 7. The van der Waals surface area contributed by atoms with Gasteiger partial charge in [0, 0.05) is 38.1 Å². The summed E-state index contributed by atoms with van der Waals surface area (Å²) < 4.78 is 11.2. The largest absolute Gasteiger partial charge is 0.347 e. The molecule has 3 heterocycles. The second-order valence-electron chi connectivity index (χ2n) is 6.67. The molecule has 0 N–H and O–H groups in total. The minimum absolute atomic E-state index is 0.0487. The summed E-state index contributed by atoms with van der Waals surface area (Å²) in [5.41, 5.74) is -0.253. The number of nitro benzene ring substituents is 1. The van der Waals surface area contributed by atoms with E-state index in [4.69, 9.17) is 9.47 Å². The third-order valence-corrected chi connectivity index (χ3v) is 5.15. The first kappa shape index (κ1) is 17.6. The highest BCUT2D eigenvalue weighted by molar-refractivity contribution is 6.22. The monoisotopic (exact) mass is 375 g/mol. The van der Waals surface area contributed by atoms with Crippen molar-refractivity contribution in [2.45, 2.75) is 18.6 Å². The number of nitro groups is 1. The number of amides is 3. The summed E-state index contributed by atoms with van der Waals surface area (Å²) >= 11 is 0. The van der Waals surface area contributed by atoms with Crippen molar-refractivity contribution in [1.82, 2.24) is 9.80 Å². The summed E-state index contributed by atoms with van der Waals surface area (Å²) in [4.78, 5) is 50.1. The number of carbonyl (C=O) groups is 3. The second kappa shape index (κ2) is 6.39. The van der Waals surface area contributed by atoms with Crippen LogP contribution >= 0.6 is 0 Å². The quantitative estimate of drug-likeness (QED) is 0.430. The Morgan fingerprint density at radius 3 is 2.37 bits per heavy atom. The molecule has 0 saturated carbocycles. The number of benzene rings is 1. The lowest BCUT2D eigenvalue weighted by molar-refractivity contribution is -0.384. The number of imide groups is 1. The van der Waals surface area contributed by atoms with Gasteiger partial charge in [-0.15, -0.1) is 0 Å². The van der Waals surface area contributed by atoms with E-state index in [0.717, 1.165) is 11.0 Å². The van der Waals surface area contributed by atoms with E-state index < -0.39 is 29.1 Å². The van der Waals surface area contributed by atoms with Crippen LogP contribution in [-0.4, -0.2) is 71.1 Å². The van der Waals surface area contributed by atoms with Crippen molar-refractivity contribution in [2.24, 2.45) is 0 Å². The van der Waals surface area contributed by atoms with Crippen molar-refractivity contribution in [3.63, 3.8) is 0 Å². The van der Waals surface area contributed by atoms with E-state index in [1.165, 1.54) is 12.1 Å². The summed E-state index contributed by atoms with van der Waals surface area (Å²) in [5.74, 6) is -2.28. The number of carbonyl (C=O) groups excluding carboxylic acids is 3. The number of nitrogens with zero attached hydrogens (tertiary/aromatic N) is 3. The summed E-state index contributed by atoms with van der Waals surface area (Å²) in [6.45, 7) is 1.50. The summed E-state index contributed by atoms with van der Waals surface area (Å²) in [6, 6.07) is 3.48. The molecule has 0 aromatic heterocycles. The van der Waals surface area contributed by atoms with Gasteiger partial charge >= 0.3 is 0 Å². The molecular weight excluding hydrogens is 358 g/mol. The zero-order valence-corrected chi connectivity index (χ0v) is 14.4. The normalized spacial score (nSPS) is 21.0. The van der Waals surface area contributed by atoms with Gasteiger partial charge in [-0.3, -0.25) is 29.4 Å². The topological polar surface area (TPSA) is 119 Å². The maximum Gasteiger partial charge on any atom is 0.270 e. The van der Waals surface area contributed by atoms with Gasteiger partial charge in [0.2, 0.25) is 5.91 Å². The van der Waals surface area contributed by atoms with Crippen molar-refractivity contribution in [2.75, 3.05) is 32.8 Å². The molecule has 1 aromatic carbocycles. The Hall–Kier alpha value is -2.85. The molecule has 142 valence electrons. The van der Waals surface area contributed by atoms with Crippen LogP contribution < -0.4 is 0 Å². The molecule has 10 nitrogen and oxygen atoms in total. The average Bonchev–Trinajstić information content (AvgIpc) is 3.21. The van der Waals surface area contributed by atoms with Crippen molar-refractivity contribution in [3.8, 4) is 0 Å². The predicted molar refractivity (Wildman–Crippen MR) is 88.9 cm³/mol. The molecular formula is C17H17N3O7. The van der Waals surface area contributed by atoms with Crippen LogP contribution in [0, 0.1) is 10.1 Å². The molecule has 10 heteroatoms. The lowest BCUT2D eigenvalue weighted by Gasteiger charge is -2.37. The van der Waals surface area contributed by atoms with Gasteiger partial charge in [-0.1, -0.05) is 0 Å². The molecule has 0 aliphatic carbocycles. The average molecular weight is 375 g/mol. The van der Waals surface area contributed by atoms with Crippen LogP contribution in [-0.2, 0) is 14.3 Å². The molecule has 3 aliphatic heterocycles. The first-order chi connectivity index (χ1) is 12.9. The molecule has 0 radical (unpaired) electrons. The van der Waals surface area contributed by atoms with E-state index in [1.54, 1.807) is 4.90 Å². The van der Waals surface area contributed by atoms with Gasteiger partial charge in [-0.05, 0) is 6.07 Å². The minimum Gasteiger partial charge on any atom is -0.347 e. The highest BCUT2D eigenvalue weighted by atomic mass is 16.7. The highest BCUT2D eigenvalue weighted by Gasteiger charge is 2.42. The van der Waals surface area contributed by atoms with Crippen LogP contribution in [0.3, 0.4) is 0 Å². The SMILES string of the molecule is O=C(CN1C(=O)c2ccc([N+](=O)[O-])cc2C1=O)N1CCC2(CC1)OCCO2. The smallest absolute Gasteiger partial charge is 0.270 e. The molecule has 4 rings (SSSR count). The Kier molecular flexibility index (Phi) is 4.16. The summed E-state index contributed by atoms with van der Waals surface area (Å²) in [6.07, 6.45) is 1.07. The molecule has 2 saturated heterocycles. The molecule has 0 atom stereocenters. The number of fused-ring (bicyclic) bond motifs is 1. The van der Waals surface area contributed by atoms with Gasteiger partial charge in [0.15, 0.2) is 5.79 Å². The Morgan fingerprint density at radius 2 is 1.74 bits per heavy atom. The Labute approximate surface area is 153 Å². The van der Waals surface area contributed by atoms with Crippen LogP contribution in [0.25, 0.3) is 0 Å². The van der Waals surface area contributed by atoms with Gasteiger partial charge in [0.05, 0.1) is 29.3 Å². The van der Waals surface area contributed by atoms with Crippen molar-refractivity contribution in [1.29, 1.82) is 0 Å². The molecule has 3 aliphatic rings. The van der Waals surface area contributed by atoms with Gasteiger partial charge in [-0.2, -0.15) is 0 Å². The molecule has 2 fully saturated rings. The van der Waals surface area contributed by atoms with Crippen molar-refractivity contribution >= 4 is 23.4 Å². The lowest BCUT2D eigenvalue weighted by Crippen LogP contribution is -2.50. The van der Waals surface area contributed by atoms with Crippen LogP contribution in [0.1, 0.15) is 33.6 Å².